The predicted octanol–water partition coefficient (Wildman–Crippen LogP) is 4.53. The molecule has 0 radical (unpaired) electrons. The second-order valence-electron chi connectivity index (χ2n) is 6.39. The minimum Gasteiger partial charge on any atom is -0.508 e. The highest BCUT2D eigenvalue weighted by molar-refractivity contribution is 5.96. The van der Waals surface area contributed by atoms with E-state index in [9.17, 15) is 14.7 Å². The highest BCUT2D eigenvalue weighted by Gasteiger charge is 2.12. The van der Waals surface area contributed by atoms with Crippen molar-refractivity contribution < 1.29 is 28.9 Å². The zero-order valence-corrected chi connectivity index (χ0v) is 16.0. The minimum absolute atomic E-state index is 0.141. The molecule has 0 spiro atoms. The van der Waals surface area contributed by atoms with Crippen LogP contribution in [0.5, 0.6) is 17.2 Å². The van der Waals surface area contributed by atoms with Crippen LogP contribution in [0.1, 0.15) is 22.8 Å². The van der Waals surface area contributed by atoms with E-state index in [1.807, 2.05) is 0 Å². The van der Waals surface area contributed by atoms with Gasteiger partial charge in [0.25, 0.3) is 0 Å². The summed E-state index contributed by atoms with van der Waals surface area (Å²) in [4.78, 5) is 23.6. The smallest absolute Gasteiger partial charge is 0.343 e. The lowest BCUT2D eigenvalue weighted by atomic mass is 10.1. The Morgan fingerprint density at radius 2 is 1.69 bits per heavy atom. The van der Waals surface area contributed by atoms with Crippen molar-refractivity contribution in [2.75, 3.05) is 0 Å². The Balaban J connectivity index is 1.74. The molecular formula is C23H20O6. The number of phenols is 1. The quantitative estimate of drug-likeness (QED) is 0.287. The summed E-state index contributed by atoms with van der Waals surface area (Å²) in [6.07, 6.45) is 0.307. The lowest BCUT2D eigenvalue weighted by Gasteiger charge is -2.14. The minimum atomic E-state index is -0.763. The summed E-state index contributed by atoms with van der Waals surface area (Å²) in [6.45, 7) is 6.67. The normalized spacial score (nSPS) is 11.5. The van der Waals surface area contributed by atoms with Gasteiger partial charge in [0.05, 0.1) is 5.56 Å². The van der Waals surface area contributed by atoms with E-state index >= 15 is 0 Å². The van der Waals surface area contributed by atoms with E-state index in [1.54, 1.807) is 56.3 Å². The van der Waals surface area contributed by atoms with E-state index in [4.69, 9.17) is 14.2 Å². The maximum Gasteiger partial charge on any atom is 0.343 e. The standard InChI is InChI=1S/C23H20O6/c1-4-22(25)28-15(3)27-20-8-7-16-12-18(6-5-17(16)13-20)23(26)29-19-9-10-21(24)14(2)11-19/h4-13,15,24H,1H2,2-3H3. The highest BCUT2D eigenvalue weighted by atomic mass is 16.7. The predicted molar refractivity (Wildman–Crippen MR) is 108 cm³/mol. The Kier molecular flexibility index (Phi) is 5.83. The zero-order valence-electron chi connectivity index (χ0n) is 16.0. The molecule has 3 rings (SSSR count). The lowest BCUT2D eigenvalue weighted by Crippen LogP contribution is -2.19. The largest absolute Gasteiger partial charge is 0.508 e. The van der Waals surface area contributed by atoms with Crippen LogP contribution in [0.2, 0.25) is 0 Å². The van der Waals surface area contributed by atoms with Gasteiger partial charge in [-0.25, -0.2) is 9.59 Å². The molecule has 0 bridgehead atoms. The summed E-state index contributed by atoms with van der Waals surface area (Å²) in [5, 5.41) is 11.2. The van der Waals surface area contributed by atoms with Crippen LogP contribution in [-0.2, 0) is 9.53 Å². The molecule has 1 unspecified atom stereocenters. The van der Waals surface area contributed by atoms with Gasteiger partial charge in [-0.15, -0.1) is 0 Å². The average molecular weight is 392 g/mol. The molecule has 0 saturated heterocycles. The molecule has 29 heavy (non-hydrogen) atoms. The van der Waals surface area contributed by atoms with Crippen molar-refractivity contribution in [1.29, 1.82) is 0 Å². The van der Waals surface area contributed by atoms with E-state index in [0.717, 1.165) is 16.8 Å². The Morgan fingerprint density at radius 3 is 2.41 bits per heavy atom. The number of aryl methyl sites for hydroxylation is 1. The number of hydrogen-bond acceptors (Lipinski definition) is 6. The number of ether oxygens (including phenoxy) is 3. The number of fused-ring (bicyclic) bond motifs is 1. The third-order valence-electron chi connectivity index (χ3n) is 4.18. The molecule has 3 aromatic carbocycles. The number of carbonyl (C=O) groups is 2. The zero-order chi connectivity index (χ0) is 21.0. The molecular weight excluding hydrogens is 372 g/mol. The number of carbonyl (C=O) groups excluding carboxylic acids is 2. The number of aromatic hydroxyl groups is 1. The van der Waals surface area contributed by atoms with Gasteiger partial charge in [0, 0.05) is 13.0 Å². The molecule has 3 aromatic rings. The monoisotopic (exact) mass is 392 g/mol. The fraction of sp³-hybridized carbons (Fsp3) is 0.130. The molecule has 0 saturated carbocycles. The number of phenolic OH excluding ortho intramolecular Hbond substituents is 1. The Labute approximate surface area is 167 Å². The molecule has 0 fully saturated rings. The van der Waals surface area contributed by atoms with Crippen LogP contribution in [0.25, 0.3) is 10.8 Å². The van der Waals surface area contributed by atoms with Crippen LogP contribution in [0.3, 0.4) is 0 Å². The molecule has 0 amide bonds. The third kappa shape index (κ3) is 4.93. The topological polar surface area (TPSA) is 82.1 Å². The van der Waals surface area contributed by atoms with E-state index in [-0.39, 0.29) is 5.75 Å². The van der Waals surface area contributed by atoms with Crippen molar-refractivity contribution in [2.45, 2.75) is 20.1 Å². The number of esters is 2. The first kappa shape index (κ1) is 19.9. The Bertz CT molecular complexity index is 1090. The molecule has 6 heteroatoms. The second kappa shape index (κ2) is 8.48. The maximum atomic E-state index is 12.4. The molecule has 1 atom stereocenters. The summed E-state index contributed by atoms with van der Waals surface area (Å²) in [6, 6.07) is 15.1. The maximum absolute atomic E-state index is 12.4. The number of hydrogen-bond donors (Lipinski definition) is 1. The molecule has 0 aromatic heterocycles. The van der Waals surface area contributed by atoms with Gasteiger partial charge in [0.15, 0.2) is 0 Å². The second-order valence-corrected chi connectivity index (χ2v) is 6.39. The summed E-state index contributed by atoms with van der Waals surface area (Å²) >= 11 is 0. The van der Waals surface area contributed by atoms with Crippen LogP contribution < -0.4 is 9.47 Å². The molecule has 0 aliphatic carbocycles. The van der Waals surface area contributed by atoms with Gasteiger partial charge < -0.3 is 19.3 Å². The van der Waals surface area contributed by atoms with Crippen LogP contribution in [-0.4, -0.2) is 23.3 Å². The molecule has 6 nitrogen and oxygen atoms in total. The highest BCUT2D eigenvalue weighted by Crippen LogP contribution is 2.25. The Hall–Kier alpha value is -3.80. The summed E-state index contributed by atoms with van der Waals surface area (Å²) in [5.74, 6) is -0.0383. The van der Waals surface area contributed by atoms with Gasteiger partial charge >= 0.3 is 11.9 Å². The first-order valence-corrected chi connectivity index (χ1v) is 8.91. The molecule has 148 valence electrons. The van der Waals surface area contributed by atoms with E-state index in [2.05, 4.69) is 6.58 Å². The van der Waals surface area contributed by atoms with Crippen molar-refractivity contribution in [3.05, 3.63) is 78.4 Å². The van der Waals surface area contributed by atoms with Crippen molar-refractivity contribution in [1.82, 2.24) is 0 Å². The van der Waals surface area contributed by atoms with Crippen LogP contribution in [0.15, 0.2) is 67.3 Å². The number of benzene rings is 3. The van der Waals surface area contributed by atoms with Crippen molar-refractivity contribution in [2.24, 2.45) is 0 Å². The van der Waals surface area contributed by atoms with Gasteiger partial charge in [-0.3, -0.25) is 0 Å². The summed E-state index contributed by atoms with van der Waals surface area (Å²) in [5.41, 5.74) is 1.01. The first-order chi connectivity index (χ1) is 13.9. The van der Waals surface area contributed by atoms with E-state index < -0.39 is 18.2 Å². The molecule has 0 aliphatic heterocycles. The summed E-state index contributed by atoms with van der Waals surface area (Å²) in [7, 11) is 0. The van der Waals surface area contributed by atoms with Gasteiger partial charge in [-0.1, -0.05) is 18.7 Å². The van der Waals surface area contributed by atoms with Gasteiger partial charge in [-0.05, 0) is 65.7 Å². The van der Waals surface area contributed by atoms with Crippen LogP contribution in [0, 0.1) is 6.92 Å². The van der Waals surface area contributed by atoms with Crippen LogP contribution in [0.4, 0.5) is 0 Å². The average Bonchev–Trinajstić information content (AvgIpc) is 2.70. The third-order valence-corrected chi connectivity index (χ3v) is 4.18. The molecule has 0 aliphatic rings. The van der Waals surface area contributed by atoms with Gasteiger partial charge in [-0.2, -0.15) is 0 Å². The van der Waals surface area contributed by atoms with Crippen molar-refractivity contribution >= 4 is 22.7 Å². The summed E-state index contributed by atoms with van der Waals surface area (Å²) < 4.78 is 15.9. The Morgan fingerprint density at radius 1 is 1.00 bits per heavy atom. The fourth-order valence-electron chi connectivity index (χ4n) is 2.71. The van der Waals surface area contributed by atoms with Gasteiger partial charge in [0.1, 0.15) is 17.2 Å². The number of rotatable bonds is 6. The van der Waals surface area contributed by atoms with Crippen molar-refractivity contribution in [3.8, 4) is 17.2 Å². The van der Waals surface area contributed by atoms with E-state index in [0.29, 0.717) is 22.6 Å². The van der Waals surface area contributed by atoms with E-state index in [1.165, 1.54) is 12.1 Å². The van der Waals surface area contributed by atoms with Crippen LogP contribution >= 0.6 is 0 Å². The van der Waals surface area contributed by atoms with Gasteiger partial charge in [0.2, 0.25) is 6.29 Å². The molecule has 1 N–H and O–H groups in total. The van der Waals surface area contributed by atoms with Crippen molar-refractivity contribution in [3.63, 3.8) is 0 Å². The fourth-order valence-corrected chi connectivity index (χ4v) is 2.71. The lowest BCUT2D eigenvalue weighted by molar-refractivity contribution is -0.154. The molecule has 0 heterocycles. The SMILES string of the molecule is C=CC(=O)OC(C)Oc1ccc2cc(C(=O)Oc3ccc(O)c(C)c3)ccc2c1. The first-order valence-electron chi connectivity index (χ1n) is 8.91.